The van der Waals surface area contributed by atoms with Crippen molar-refractivity contribution in [3.05, 3.63) is 0 Å². The van der Waals surface area contributed by atoms with E-state index in [-0.39, 0.29) is 23.1 Å². The first-order valence-electron chi connectivity index (χ1n) is 6.78. The molecule has 106 valence electrons. The van der Waals surface area contributed by atoms with E-state index in [1.54, 1.807) is 0 Å². The van der Waals surface area contributed by atoms with Crippen molar-refractivity contribution in [3.8, 4) is 0 Å². The molecule has 0 aromatic carbocycles. The Morgan fingerprint density at radius 2 is 2.28 bits per heavy atom. The highest BCUT2D eigenvalue weighted by atomic mass is 32.2. The molecule has 2 rings (SSSR count). The summed E-state index contributed by atoms with van der Waals surface area (Å²) < 4.78 is 29.2. The summed E-state index contributed by atoms with van der Waals surface area (Å²) >= 11 is 0. The molecular weight excluding hydrogens is 252 g/mol. The molecule has 2 N–H and O–H groups in total. The van der Waals surface area contributed by atoms with Crippen LogP contribution in [0.4, 0.5) is 0 Å². The van der Waals surface area contributed by atoms with E-state index in [0.717, 1.165) is 25.9 Å². The summed E-state index contributed by atoms with van der Waals surface area (Å²) in [5, 5.41) is 0. The quantitative estimate of drug-likeness (QED) is 0.782. The molecule has 0 aromatic heterocycles. The van der Waals surface area contributed by atoms with Gasteiger partial charge in [0.2, 0.25) is 0 Å². The van der Waals surface area contributed by atoms with Crippen molar-refractivity contribution in [1.29, 1.82) is 0 Å². The molecule has 2 fully saturated rings. The molecule has 2 heterocycles. The zero-order valence-corrected chi connectivity index (χ0v) is 11.9. The normalized spacial score (nSPS) is 36.9. The Bertz CT molecular complexity index is 383. The molecule has 0 radical (unpaired) electrons. The number of likely N-dealkylation sites (tertiary alicyclic amines) is 1. The lowest BCUT2D eigenvalue weighted by Gasteiger charge is -2.44. The number of rotatable bonds is 4. The fourth-order valence-corrected chi connectivity index (χ4v) is 5.28. The zero-order chi connectivity index (χ0) is 13.2. The summed E-state index contributed by atoms with van der Waals surface area (Å²) in [6.45, 7) is 4.89. The van der Waals surface area contributed by atoms with Crippen LogP contribution in [0.5, 0.6) is 0 Å². The van der Waals surface area contributed by atoms with Crippen LogP contribution in [0.15, 0.2) is 0 Å². The predicted octanol–water partition coefficient (Wildman–Crippen LogP) is 0.00330. The Hall–Kier alpha value is -0.170. The van der Waals surface area contributed by atoms with Crippen LogP contribution in [0.3, 0.4) is 0 Å². The Balaban J connectivity index is 2.08. The van der Waals surface area contributed by atoms with Gasteiger partial charge in [-0.25, -0.2) is 8.42 Å². The topological polar surface area (TPSA) is 72.6 Å². The third kappa shape index (κ3) is 2.87. The Kier molecular flexibility index (Phi) is 4.31. The van der Waals surface area contributed by atoms with Crippen molar-refractivity contribution in [2.75, 3.05) is 37.7 Å². The maximum absolute atomic E-state index is 11.7. The van der Waals surface area contributed by atoms with Gasteiger partial charge in [-0.2, -0.15) is 0 Å². The zero-order valence-electron chi connectivity index (χ0n) is 11.1. The molecule has 2 aliphatic heterocycles. The second kappa shape index (κ2) is 5.45. The van der Waals surface area contributed by atoms with Crippen molar-refractivity contribution in [2.45, 2.75) is 37.8 Å². The van der Waals surface area contributed by atoms with E-state index in [2.05, 4.69) is 4.90 Å². The van der Waals surface area contributed by atoms with Gasteiger partial charge in [0.25, 0.3) is 0 Å². The van der Waals surface area contributed by atoms with Crippen LogP contribution in [0.1, 0.15) is 26.2 Å². The summed E-state index contributed by atoms with van der Waals surface area (Å²) in [6, 6.07) is 0. The van der Waals surface area contributed by atoms with Gasteiger partial charge >= 0.3 is 0 Å². The van der Waals surface area contributed by atoms with Gasteiger partial charge < -0.3 is 10.5 Å². The molecule has 2 saturated heterocycles. The van der Waals surface area contributed by atoms with Crippen molar-refractivity contribution >= 4 is 9.84 Å². The second-order valence-electron chi connectivity index (χ2n) is 5.44. The van der Waals surface area contributed by atoms with E-state index < -0.39 is 9.84 Å². The van der Waals surface area contributed by atoms with Crippen molar-refractivity contribution < 1.29 is 13.2 Å². The minimum atomic E-state index is -2.91. The minimum absolute atomic E-state index is 0.218. The molecule has 18 heavy (non-hydrogen) atoms. The first kappa shape index (κ1) is 14.2. The van der Waals surface area contributed by atoms with Crippen molar-refractivity contribution in [1.82, 2.24) is 4.90 Å². The van der Waals surface area contributed by atoms with Gasteiger partial charge in [0.05, 0.1) is 17.6 Å². The summed E-state index contributed by atoms with van der Waals surface area (Å²) in [5.74, 6) is 0.495. The van der Waals surface area contributed by atoms with E-state index in [4.69, 9.17) is 10.5 Å². The average Bonchev–Trinajstić information content (AvgIpc) is 2.67. The molecule has 0 saturated carbocycles. The number of sulfone groups is 1. The molecule has 0 spiro atoms. The van der Waals surface area contributed by atoms with Gasteiger partial charge in [-0.05, 0) is 32.7 Å². The number of nitrogens with zero attached hydrogens (tertiary/aromatic N) is 1. The van der Waals surface area contributed by atoms with Crippen LogP contribution in [0, 0.1) is 0 Å². The van der Waals surface area contributed by atoms with Gasteiger partial charge in [0, 0.05) is 25.2 Å². The number of nitrogens with two attached hydrogens (primary N) is 1. The first-order valence-corrected chi connectivity index (χ1v) is 8.61. The van der Waals surface area contributed by atoms with Gasteiger partial charge in [0.1, 0.15) is 0 Å². The van der Waals surface area contributed by atoms with Crippen LogP contribution in [0.25, 0.3) is 0 Å². The lowest BCUT2D eigenvalue weighted by molar-refractivity contribution is -0.0262. The first-order chi connectivity index (χ1) is 8.51. The van der Waals surface area contributed by atoms with E-state index in [9.17, 15) is 8.42 Å². The second-order valence-corrected chi connectivity index (χ2v) is 7.62. The summed E-state index contributed by atoms with van der Waals surface area (Å²) in [5.41, 5.74) is 5.55. The highest BCUT2D eigenvalue weighted by Gasteiger charge is 2.46. The lowest BCUT2D eigenvalue weighted by atomic mass is 9.93. The lowest BCUT2D eigenvalue weighted by Crippen LogP contribution is -2.59. The van der Waals surface area contributed by atoms with Crippen LogP contribution in [0.2, 0.25) is 0 Å². The van der Waals surface area contributed by atoms with Crippen molar-refractivity contribution in [2.24, 2.45) is 5.73 Å². The van der Waals surface area contributed by atoms with E-state index in [0.29, 0.717) is 19.6 Å². The summed E-state index contributed by atoms with van der Waals surface area (Å²) in [6.07, 6.45) is 3.03. The Labute approximate surface area is 110 Å². The highest BCUT2D eigenvalue weighted by Crippen LogP contribution is 2.31. The average molecular weight is 276 g/mol. The van der Waals surface area contributed by atoms with Crippen LogP contribution < -0.4 is 5.73 Å². The SMILES string of the molecule is CCOC1CCCN(C2(CN)CCS(=O)(=O)C2)C1. The summed E-state index contributed by atoms with van der Waals surface area (Å²) in [4.78, 5) is 2.27. The summed E-state index contributed by atoms with van der Waals surface area (Å²) in [7, 11) is -2.91. The third-order valence-electron chi connectivity index (χ3n) is 4.20. The van der Waals surface area contributed by atoms with Gasteiger partial charge in [-0.15, -0.1) is 0 Å². The van der Waals surface area contributed by atoms with E-state index >= 15 is 0 Å². The molecule has 0 amide bonds. The standard InChI is InChI=1S/C12H24N2O3S/c1-2-17-11-4-3-6-14(8-11)12(9-13)5-7-18(15,16)10-12/h11H,2-10,13H2,1H3. The van der Waals surface area contributed by atoms with Crippen LogP contribution in [-0.4, -0.2) is 62.7 Å². The molecule has 0 bridgehead atoms. The fourth-order valence-electron chi connectivity index (χ4n) is 3.18. The smallest absolute Gasteiger partial charge is 0.152 e. The monoisotopic (exact) mass is 276 g/mol. The Morgan fingerprint density at radius 1 is 1.50 bits per heavy atom. The molecule has 5 nitrogen and oxygen atoms in total. The predicted molar refractivity (Wildman–Crippen MR) is 71.3 cm³/mol. The largest absolute Gasteiger partial charge is 0.377 e. The number of piperidine rings is 1. The minimum Gasteiger partial charge on any atom is -0.377 e. The molecule has 2 atom stereocenters. The number of hydrogen-bond donors (Lipinski definition) is 1. The molecule has 0 aliphatic carbocycles. The maximum Gasteiger partial charge on any atom is 0.152 e. The van der Waals surface area contributed by atoms with E-state index in [1.807, 2.05) is 6.92 Å². The Morgan fingerprint density at radius 3 is 2.83 bits per heavy atom. The van der Waals surface area contributed by atoms with Crippen LogP contribution in [-0.2, 0) is 14.6 Å². The molecule has 2 unspecified atom stereocenters. The van der Waals surface area contributed by atoms with Crippen molar-refractivity contribution in [3.63, 3.8) is 0 Å². The van der Waals surface area contributed by atoms with Gasteiger partial charge in [-0.1, -0.05) is 0 Å². The molecule has 0 aromatic rings. The number of hydrogen-bond acceptors (Lipinski definition) is 5. The molecular formula is C12H24N2O3S. The maximum atomic E-state index is 11.7. The van der Waals surface area contributed by atoms with E-state index in [1.165, 1.54) is 0 Å². The number of ether oxygens (including phenoxy) is 1. The van der Waals surface area contributed by atoms with Gasteiger partial charge in [-0.3, -0.25) is 4.90 Å². The third-order valence-corrected chi connectivity index (χ3v) is 6.00. The van der Waals surface area contributed by atoms with Crippen LogP contribution >= 0.6 is 0 Å². The van der Waals surface area contributed by atoms with Gasteiger partial charge in [0.15, 0.2) is 9.84 Å². The fraction of sp³-hybridized carbons (Fsp3) is 1.00. The highest BCUT2D eigenvalue weighted by molar-refractivity contribution is 7.91. The molecule has 6 heteroatoms. The molecule has 2 aliphatic rings.